The molecular formula is C21H24N6O2. The van der Waals surface area contributed by atoms with Gasteiger partial charge in [0, 0.05) is 17.8 Å². The summed E-state index contributed by atoms with van der Waals surface area (Å²) in [4.78, 5) is 34.1. The molecular weight excluding hydrogens is 368 g/mol. The highest BCUT2D eigenvalue weighted by atomic mass is 16.2. The molecule has 1 aliphatic heterocycles. The van der Waals surface area contributed by atoms with Gasteiger partial charge in [0.05, 0.1) is 19.0 Å². The number of amides is 1. The van der Waals surface area contributed by atoms with Gasteiger partial charge in [-0.2, -0.15) is 0 Å². The van der Waals surface area contributed by atoms with Crippen LogP contribution >= 0.6 is 0 Å². The molecule has 0 bridgehead atoms. The molecule has 0 unspecified atom stereocenters. The molecule has 3 aromatic rings. The number of nitrogens with zero attached hydrogens (tertiary/aromatic N) is 5. The summed E-state index contributed by atoms with van der Waals surface area (Å²) in [5.74, 6) is 2.07. The van der Waals surface area contributed by atoms with Gasteiger partial charge in [-0.05, 0) is 32.8 Å². The van der Waals surface area contributed by atoms with E-state index in [1.165, 1.54) is 5.56 Å². The van der Waals surface area contributed by atoms with Crippen molar-refractivity contribution in [1.82, 2.24) is 29.6 Å². The first-order valence-electron chi connectivity index (χ1n) is 9.71. The van der Waals surface area contributed by atoms with E-state index in [1.807, 2.05) is 25.1 Å². The molecule has 8 nitrogen and oxygen atoms in total. The van der Waals surface area contributed by atoms with Crippen LogP contribution in [0, 0.1) is 20.8 Å². The number of aromatic nitrogens is 5. The zero-order valence-electron chi connectivity index (χ0n) is 16.8. The molecule has 1 aromatic carbocycles. The van der Waals surface area contributed by atoms with Gasteiger partial charge in [0.1, 0.15) is 11.6 Å². The van der Waals surface area contributed by atoms with E-state index in [0.717, 1.165) is 18.1 Å². The van der Waals surface area contributed by atoms with E-state index >= 15 is 0 Å². The second-order valence-electron chi connectivity index (χ2n) is 7.54. The number of carbonyl (C=O) groups excluding carboxylic acids is 1. The Balaban J connectivity index is 1.59. The van der Waals surface area contributed by atoms with Crippen molar-refractivity contribution in [3.05, 3.63) is 75.0 Å². The molecule has 0 saturated heterocycles. The average molecular weight is 392 g/mol. The lowest BCUT2D eigenvalue weighted by molar-refractivity contribution is -0.132. The summed E-state index contributed by atoms with van der Waals surface area (Å²) in [5.41, 5.74) is 1.96. The minimum atomic E-state index is -0.250. The van der Waals surface area contributed by atoms with Gasteiger partial charge in [-0.15, -0.1) is 10.2 Å². The van der Waals surface area contributed by atoms with Crippen LogP contribution in [0.4, 0.5) is 0 Å². The lowest BCUT2D eigenvalue weighted by atomic mass is 10.0. The van der Waals surface area contributed by atoms with E-state index in [9.17, 15) is 9.59 Å². The van der Waals surface area contributed by atoms with Gasteiger partial charge in [-0.25, -0.2) is 4.98 Å². The summed E-state index contributed by atoms with van der Waals surface area (Å²) >= 11 is 0. The molecule has 0 spiro atoms. The first-order valence-corrected chi connectivity index (χ1v) is 9.71. The van der Waals surface area contributed by atoms with Gasteiger partial charge in [-0.1, -0.05) is 30.3 Å². The maximum Gasteiger partial charge on any atom is 0.254 e. The van der Waals surface area contributed by atoms with Crippen molar-refractivity contribution in [2.45, 2.75) is 46.2 Å². The number of aromatic amines is 1. The number of aryl methyl sites for hydroxylation is 3. The second-order valence-corrected chi connectivity index (χ2v) is 7.54. The van der Waals surface area contributed by atoms with Crippen LogP contribution in [0.15, 0.2) is 35.1 Å². The van der Waals surface area contributed by atoms with Crippen LogP contribution in [0.2, 0.25) is 0 Å². The fourth-order valence-electron chi connectivity index (χ4n) is 4.02. The van der Waals surface area contributed by atoms with Crippen LogP contribution in [-0.2, 0) is 24.2 Å². The van der Waals surface area contributed by atoms with Crippen molar-refractivity contribution in [3.8, 4) is 0 Å². The minimum absolute atomic E-state index is 0.0274. The van der Waals surface area contributed by atoms with Gasteiger partial charge in [0.25, 0.3) is 5.56 Å². The quantitative estimate of drug-likeness (QED) is 0.728. The molecule has 150 valence electrons. The monoisotopic (exact) mass is 392 g/mol. The number of nitrogens with one attached hydrogen (secondary N) is 1. The summed E-state index contributed by atoms with van der Waals surface area (Å²) < 4.78 is 2.13. The summed E-state index contributed by atoms with van der Waals surface area (Å²) in [6.07, 6.45) is 0.807. The summed E-state index contributed by atoms with van der Waals surface area (Å²) in [5, 5.41) is 8.49. The van der Waals surface area contributed by atoms with Crippen LogP contribution in [0.5, 0.6) is 0 Å². The van der Waals surface area contributed by atoms with Crippen LogP contribution in [-0.4, -0.2) is 42.1 Å². The van der Waals surface area contributed by atoms with Crippen LogP contribution in [0.25, 0.3) is 0 Å². The number of benzene rings is 1. The predicted molar refractivity (Wildman–Crippen MR) is 107 cm³/mol. The van der Waals surface area contributed by atoms with E-state index in [4.69, 9.17) is 0 Å². The second kappa shape index (κ2) is 7.62. The topological polar surface area (TPSA) is 96.8 Å². The van der Waals surface area contributed by atoms with E-state index in [-0.39, 0.29) is 23.9 Å². The highest BCUT2D eigenvalue weighted by Gasteiger charge is 2.31. The number of hydrogen-bond acceptors (Lipinski definition) is 5. The average Bonchev–Trinajstić information content (AvgIpc) is 3.06. The van der Waals surface area contributed by atoms with E-state index in [2.05, 4.69) is 36.9 Å². The van der Waals surface area contributed by atoms with Crippen LogP contribution in [0.1, 0.15) is 40.3 Å². The van der Waals surface area contributed by atoms with Gasteiger partial charge < -0.3 is 14.5 Å². The maximum atomic E-state index is 13.1. The number of carbonyl (C=O) groups is 1. The first-order chi connectivity index (χ1) is 13.9. The molecule has 1 aliphatic rings. The molecule has 8 heteroatoms. The third-order valence-electron chi connectivity index (χ3n) is 5.40. The van der Waals surface area contributed by atoms with Gasteiger partial charge in [0.2, 0.25) is 5.91 Å². The Labute approximate surface area is 168 Å². The Morgan fingerprint density at radius 3 is 2.66 bits per heavy atom. The van der Waals surface area contributed by atoms with Crippen molar-refractivity contribution < 1.29 is 4.79 Å². The molecule has 1 atom stereocenters. The number of H-pyrrole nitrogens is 1. The van der Waals surface area contributed by atoms with Crippen LogP contribution < -0.4 is 5.56 Å². The largest absolute Gasteiger partial charge is 0.333 e. The smallest absolute Gasteiger partial charge is 0.254 e. The first kappa shape index (κ1) is 19.0. The fourth-order valence-corrected chi connectivity index (χ4v) is 4.02. The molecule has 4 rings (SSSR count). The van der Waals surface area contributed by atoms with Crippen molar-refractivity contribution >= 4 is 5.91 Å². The Hall–Kier alpha value is -3.29. The van der Waals surface area contributed by atoms with Crippen molar-refractivity contribution in [2.75, 3.05) is 6.54 Å². The van der Waals surface area contributed by atoms with Gasteiger partial charge in [-0.3, -0.25) is 9.59 Å². The molecule has 0 fully saturated rings. The predicted octanol–water partition coefficient (Wildman–Crippen LogP) is 1.66. The maximum absolute atomic E-state index is 13.1. The van der Waals surface area contributed by atoms with Gasteiger partial charge in [0.15, 0.2) is 5.82 Å². The highest BCUT2D eigenvalue weighted by molar-refractivity contribution is 5.79. The third kappa shape index (κ3) is 3.83. The van der Waals surface area contributed by atoms with Crippen molar-refractivity contribution in [3.63, 3.8) is 0 Å². The highest BCUT2D eigenvalue weighted by Crippen LogP contribution is 2.25. The summed E-state index contributed by atoms with van der Waals surface area (Å²) in [7, 11) is 0. The zero-order valence-corrected chi connectivity index (χ0v) is 16.8. The Kier molecular flexibility index (Phi) is 5.00. The number of hydrogen-bond donors (Lipinski definition) is 1. The Bertz CT molecular complexity index is 1100. The Morgan fingerprint density at radius 1 is 1.17 bits per heavy atom. The molecule has 2 aromatic heterocycles. The number of rotatable bonds is 4. The standard InChI is InChI=1S/C21H24N6O2/c1-13-18(21(29)23-14(2)22-13)10-20(28)26-11-17(9-16-7-5-4-6-8-16)27-15(3)24-25-19(27)12-26/h4-8,17H,9-12H2,1-3H3,(H,22,23,29)/t17-/m1/s1. The molecule has 1 N–H and O–H groups in total. The van der Waals surface area contributed by atoms with E-state index < -0.39 is 0 Å². The molecule has 3 heterocycles. The molecule has 0 saturated carbocycles. The molecule has 29 heavy (non-hydrogen) atoms. The minimum Gasteiger partial charge on any atom is -0.333 e. The third-order valence-corrected chi connectivity index (χ3v) is 5.40. The SMILES string of the molecule is Cc1nc(C)c(CC(=O)N2Cc3nnc(C)n3[C@H](Cc3ccccc3)C2)c(=O)[nH]1. The fraction of sp³-hybridized carbons (Fsp3) is 0.381. The molecule has 0 radical (unpaired) electrons. The summed E-state index contributed by atoms with van der Waals surface area (Å²) in [6.45, 7) is 6.37. The lowest BCUT2D eigenvalue weighted by Crippen LogP contribution is -2.43. The van der Waals surface area contributed by atoms with Crippen molar-refractivity contribution in [2.24, 2.45) is 0 Å². The number of fused-ring (bicyclic) bond motifs is 1. The van der Waals surface area contributed by atoms with Crippen LogP contribution in [0.3, 0.4) is 0 Å². The normalized spacial score (nSPS) is 16.0. The Morgan fingerprint density at radius 2 is 1.93 bits per heavy atom. The molecule has 1 amide bonds. The zero-order chi connectivity index (χ0) is 20.5. The summed E-state index contributed by atoms with van der Waals surface area (Å²) in [6, 6.07) is 10.2. The molecule has 0 aliphatic carbocycles. The lowest BCUT2D eigenvalue weighted by Gasteiger charge is -2.34. The van der Waals surface area contributed by atoms with E-state index in [1.54, 1.807) is 18.7 Å². The van der Waals surface area contributed by atoms with Gasteiger partial charge >= 0.3 is 0 Å². The van der Waals surface area contributed by atoms with Crippen molar-refractivity contribution in [1.29, 1.82) is 0 Å². The van der Waals surface area contributed by atoms with E-state index in [0.29, 0.717) is 30.2 Å².